The SMILES string of the molecule is Cc1c(C(N)=O)c(-c2ccc(N3CCCC3)cc2)c(C)n1CC1CCCCC1. The Kier molecular flexibility index (Phi) is 5.47. The number of nitrogens with two attached hydrogens (primary N) is 1. The molecule has 0 radical (unpaired) electrons. The van der Waals surface area contributed by atoms with Crippen LogP contribution in [0.3, 0.4) is 0 Å². The molecule has 150 valence electrons. The van der Waals surface area contributed by atoms with Crippen molar-refractivity contribution in [2.75, 3.05) is 18.0 Å². The number of primary amides is 1. The van der Waals surface area contributed by atoms with Gasteiger partial charge in [0.05, 0.1) is 5.56 Å². The molecular formula is C24H33N3O. The Morgan fingerprint density at radius 1 is 0.964 bits per heavy atom. The summed E-state index contributed by atoms with van der Waals surface area (Å²) in [6.07, 6.45) is 9.16. The third kappa shape index (κ3) is 3.57. The van der Waals surface area contributed by atoms with Crippen molar-refractivity contribution in [1.29, 1.82) is 0 Å². The van der Waals surface area contributed by atoms with E-state index in [4.69, 9.17) is 5.73 Å². The number of benzene rings is 1. The summed E-state index contributed by atoms with van der Waals surface area (Å²) >= 11 is 0. The molecule has 2 fully saturated rings. The Balaban J connectivity index is 1.69. The van der Waals surface area contributed by atoms with Crippen LogP contribution in [0.1, 0.15) is 66.7 Å². The maximum Gasteiger partial charge on any atom is 0.251 e. The fraction of sp³-hybridized carbons (Fsp3) is 0.542. The van der Waals surface area contributed by atoms with E-state index in [1.54, 1.807) is 0 Å². The summed E-state index contributed by atoms with van der Waals surface area (Å²) in [7, 11) is 0. The molecule has 2 aliphatic rings. The highest BCUT2D eigenvalue weighted by atomic mass is 16.1. The molecule has 1 aliphatic carbocycles. The van der Waals surface area contributed by atoms with E-state index in [9.17, 15) is 4.79 Å². The normalized spacial score (nSPS) is 18.0. The lowest BCUT2D eigenvalue weighted by Crippen LogP contribution is -2.17. The number of hydrogen-bond acceptors (Lipinski definition) is 2. The van der Waals surface area contributed by atoms with E-state index in [1.165, 1.54) is 56.3 Å². The minimum absolute atomic E-state index is 0.318. The van der Waals surface area contributed by atoms with Crippen molar-refractivity contribution in [2.24, 2.45) is 11.7 Å². The second-order valence-corrected chi connectivity index (χ2v) is 8.64. The molecule has 4 nitrogen and oxygen atoms in total. The molecule has 0 unspecified atom stereocenters. The molecule has 1 aliphatic heterocycles. The van der Waals surface area contributed by atoms with Crippen LogP contribution in [0.25, 0.3) is 11.1 Å². The van der Waals surface area contributed by atoms with Gasteiger partial charge in [0.15, 0.2) is 0 Å². The zero-order chi connectivity index (χ0) is 19.7. The van der Waals surface area contributed by atoms with Gasteiger partial charge in [0, 0.05) is 42.3 Å². The van der Waals surface area contributed by atoms with Crippen molar-refractivity contribution in [1.82, 2.24) is 4.57 Å². The molecular weight excluding hydrogens is 346 g/mol. The van der Waals surface area contributed by atoms with Gasteiger partial charge in [-0.15, -0.1) is 0 Å². The van der Waals surface area contributed by atoms with Gasteiger partial charge in [0.1, 0.15) is 0 Å². The summed E-state index contributed by atoms with van der Waals surface area (Å²) < 4.78 is 2.35. The second kappa shape index (κ2) is 8.02. The first-order valence-electron chi connectivity index (χ1n) is 10.9. The molecule has 1 saturated carbocycles. The summed E-state index contributed by atoms with van der Waals surface area (Å²) in [6.45, 7) is 7.48. The summed E-state index contributed by atoms with van der Waals surface area (Å²) in [6, 6.07) is 8.71. The van der Waals surface area contributed by atoms with Gasteiger partial charge in [0.2, 0.25) is 0 Å². The average molecular weight is 380 g/mol. The monoisotopic (exact) mass is 379 g/mol. The third-order valence-electron chi connectivity index (χ3n) is 6.82. The summed E-state index contributed by atoms with van der Waals surface area (Å²) in [5.41, 5.74) is 12.1. The van der Waals surface area contributed by atoms with E-state index < -0.39 is 0 Å². The number of amides is 1. The molecule has 0 spiro atoms. The molecule has 2 aromatic rings. The van der Waals surface area contributed by atoms with Crippen LogP contribution >= 0.6 is 0 Å². The Labute approximate surface area is 168 Å². The zero-order valence-electron chi connectivity index (χ0n) is 17.3. The van der Waals surface area contributed by atoms with Crippen LogP contribution in [0.15, 0.2) is 24.3 Å². The Morgan fingerprint density at radius 2 is 1.61 bits per heavy atom. The minimum Gasteiger partial charge on any atom is -0.372 e. The largest absolute Gasteiger partial charge is 0.372 e. The molecule has 1 saturated heterocycles. The quantitative estimate of drug-likeness (QED) is 0.790. The maximum absolute atomic E-state index is 12.4. The predicted octanol–water partition coefficient (Wildman–Crippen LogP) is 5.05. The van der Waals surface area contributed by atoms with Gasteiger partial charge in [-0.2, -0.15) is 0 Å². The van der Waals surface area contributed by atoms with Gasteiger partial charge in [-0.3, -0.25) is 4.79 Å². The lowest BCUT2D eigenvalue weighted by atomic mass is 9.89. The smallest absolute Gasteiger partial charge is 0.251 e. The fourth-order valence-corrected chi connectivity index (χ4v) is 5.25. The number of nitrogens with zero attached hydrogens (tertiary/aromatic N) is 2. The van der Waals surface area contributed by atoms with Crippen molar-refractivity contribution in [3.63, 3.8) is 0 Å². The van der Waals surface area contributed by atoms with Gasteiger partial charge in [-0.1, -0.05) is 31.4 Å². The highest BCUT2D eigenvalue weighted by Gasteiger charge is 2.25. The lowest BCUT2D eigenvalue weighted by molar-refractivity contribution is 0.1000. The van der Waals surface area contributed by atoms with Gasteiger partial charge in [0.25, 0.3) is 5.91 Å². The molecule has 4 rings (SSSR count). The molecule has 28 heavy (non-hydrogen) atoms. The molecule has 1 amide bonds. The predicted molar refractivity (Wildman–Crippen MR) is 116 cm³/mol. The summed E-state index contributed by atoms with van der Waals surface area (Å²) in [5, 5.41) is 0. The van der Waals surface area contributed by atoms with Gasteiger partial charge in [-0.25, -0.2) is 0 Å². The first kappa shape index (κ1) is 19.1. The molecule has 1 aromatic carbocycles. The van der Waals surface area contributed by atoms with Crippen LogP contribution in [-0.2, 0) is 6.54 Å². The van der Waals surface area contributed by atoms with Crippen molar-refractivity contribution in [2.45, 2.75) is 65.3 Å². The van der Waals surface area contributed by atoms with E-state index in [0.717, 1.165) is 36.5 Å². The highest BCUT2D eigenvalue weighted by molar-refractivity contribution is 6.02. The summed E-state index contributed by atoms with van der Waals surface area (Å²) in [5.74, 6) is 0.395. The number of hydrogen-bond donors (Lipinski definition) is 1. The molecule has 4 heteroatoms. The van der Waals surface area contributed by atoms with Crippen LogP contribution in [-0.4, -0.2) is 23.6 Å². The molecule has 0 atom stereocenters. The van der Waals surface area contributed by atoms with E-state index >= 15 is 0 Å². The van der Waals surface area contributed by atoms with Gasteiger partial charge < -0.3 is 15.2 Å². The van der Waals surface area contributed by atoms with Gasteiger partial charge >= 0.3 is 0 Å². The van der Waals surface area contributed by atoms with Crippen LogP contribution in [0, 0.1) is 19.8 Å². The number of aromatic nitrogens is 1. The highest BCUT2D eigenvalue weighted by Crippen LogP contribution is 2.35. The first-order chi connectivity index (χ1) is 13.6. The second-order valence-electron chi connectivity index (χ2n) is 8.64. The maximum atomic E-state index is 12.4. The summed E-state index contributed by atoms with van der Waals surface area (Å²) in [4.78, 5) is 14.8. The molecule has 1 aromatic heterocycles. The Morgan fingerprint density at radius 3 is 2.21 bits per heavy atom. The third-order valence-corrected chi connectivity index (χ3v) is 6.82. The van der Waals surface area contributed by atoms with Crippen molar-refractivity contribution >= 4 is 11.6 Å². The van der Waals surface area contributed by atoms with Crippen LogP contribution in [0.5, 0.6) is 0 Å². The number of anilines is 1. The first-order valence-corrected chi connectivity index (χ1v) is 10.9. The Hall–Kier alpha value is -2.23. The van der Waals surface area contributed by atoms with E-state index in [-0.39, 0.29) is 5.91 Å². The van der Waals surface area contributed by atoms with Crippen LogP contribution < -0.4 is 10.6 Å². The van der Waals surface area contributed by atoms with Crippen LogP contribution in [0.4, 0.5) is 5.69 Å². The molecule has 0 bridgehead atoms. The van der Waals surface area contributed by atoms with Crippen molar-refractivity contribution in [3.05, 3.63) is 41.2 Å². The van der Waals surface area contributed by atoms with E-state index in [0.29, 0.717) is 11.5 Å². The average Bonchev–Trinajstić information content (AvgIpc) is 3.32. The van der Waals surface area contributed by atoms with Crippen molar-refractivity contribution < 1.29 is 4.79 Å². The van der Waals surface area contributed by atoms with E-state index in [2.05, 4.69) is 47.6 Å². The zero-order valence-corrected chi connectivity index (χ0v) is 17.3. The van der Waals surface area contributed by atoms with Gasteiger partial charge in [-0.05, 0) is 63.1 Å². The number of carbonyl (C=O) groups excluding carboxylic acids is 1. The minimum atomic E-state index is -0.318. The number of rotatable bonds is 5. The van der Waals surface area contributed by atoms with Crippen LogP contribution in [0.2, 0.25) is 0 Å². The van der Waals surface area contributed by atoms with E-state index in [1.807, 2.05) is 0 Å². The number of carbonyl (C=O) groups is 1. The standard InChI is InChI=1S/C24H33N3O/c1-17-22(20-10-12-21(13-11-20)26-14-6-7-15-26)23(24(25)28)18(2)27(17)16-19-8-4-3-5-9-19/h10-13,19H,3-9,14-16H2,1-2H3,(H2,25,28). The van der Waals surface area contributed by atoms with Crippen molar-refractivity contribution in [3.8, 4) is 11.1 Å². The molecule has 2 heterocycles. The molecule has 2 N–H and O–H groups in total. The topological polar surface area (TPSA) is 51.3 Å². The Bertz CT molecular complexity index is 838. The fourth-order valence-electron chi connectivity index (χ4n) is 5.25. The lowest BCUT2D eigenvalue weighted by Gasteiger charge is -2.23.